The average molecular weight is 262 g/mol. The van der Waals surface area contributed by atoms with Crippen LogP contribution in [0.15, 0.2) is 30.3 Å². The van der Waals surface area contributed by atoms with Crippen LogP contribution in [0.4, 0.5) is 0 Å². The predicted molar refractivity (Wildman–Crippen MR) is 75.3 cm³/mol. The summed E-state index contributed by atoms with van der Waals surface area (Å²) < 4.78 is 0. The maximum Gasteiger partial charge on any atom is 0.243 e. The van der Waals surface area contributed by atoms with Crippen molar-refractivity contribution in [1.29, 1.82) is 0 Å². The van der Waals surface area contributed by atoms with Gasteiger partial charge < -0.3 is 5.73 Å². The van der Waals surface area contributed by atoms with E-state index in [2.05, 4.69) is 5.32 Å². The Hall–Kier alpha value is -1.68. The molecule has 104 valence electrons. The summed E-state index contributed by atoms with van der Waals surface area (Å²) in [6.07, 6.45) is 1.50. The van der Waals surface area contributed by atoms with Gasteiger partial charge in [-0.3, -0.25) is 14.9 Å². The third-order valence-electron chi connectivity index (χ3n) is 2.81. The van der Waals surface area contributed by atoms with Crippen molar-refractivity contribution in [3.8, 4) is 0 Å². The zero-order valence-corrected chi connectivity index (χ0v) is 11.6. The molecule has 1 atom stereocenters. The number of aryl methyl sites for hydroxylation is 1. The van der Waals surface area contributed by atoms with Crippen molar-refractivity contribution in [1.82, 2.24) is 5.32 Å². The van der Waals surface area contributed by atoms with E-state index in [1.165, 1.54) is 0 Å². The predicted octanol–water partition coefficient (Wildman–Crippen LogP) is 1.64. The largest absolute Gasteiger partial charge is 0.320 e. The van der Waals surface area contributed by atoms with E-state index in [0.717, 1.165) is 5.56 Å². The van der Waals surface area contributed by atoms with Crippen LogP contribution < -0.4 is 11.1 Å². The third kappa shape index (κ3) is 6.15. The molecule has 0 heterocycles. The molecule has 0 aliphatic carbocycles. The van der Waals surface area contributed by atoms with Gasteiger partial charge in [-0.25, -0.2) is 0 Å². The molecule has 0 unspecified atom stereocenters. The van der Waals surface area contributed by atoms with Crippen molar-refractivity contribution in [2.24, 2.45) is 11.7 Å². The fraction of sp³-hybridized carbons (Fsp3) is 0.467. The molecule has 0 bridgehead atoms. The zero-order valence-electron chi connectivity index (χ0n) is 11.6. The molecule has 1 rings (SSSR count). The van der Waals surface area contributed by atoms with Crippen LogP contribution in [0.1, 0.15) is 32.3 Å². The van der Waals surface area contributed by atoms with Gasteiger partial charge in [0, 0.05) is 6.42 Å². The number of benzene rings is 1. The van der Waals surface area contributed by atoms with E-state index in [1.807, 2.05) is 44.2 Å². The topological polar surface area (TPSA) is 72.2 Å². The molecule has 4 nitrogen and oxygen atoms in total. The maximum atomic E-state index is 11.6. The first kappa shape index (κ1) is 15.4. The van der Waals surface area contributed by atoms with Gasteiger partial charge in [0.1, 0.15) is 0 Å². The molecule has 0 radical (unpaired) electrons. The first-order valence-electron chi connectivity index (χ1n) is 6.62. The van der Waals surface area contributed by atoms with Gasteiger partial charge in [0.25, 0.3) is 0 Å². The molecule has 2 amide bonds. The Balaban J connectivity index is 2.33. The van der Waals surface area contributed by atoms with Gasteiger partial charge in [0.05, 0.1) is 6.04 Å². The van der Waals surface area contributed by atoms with E-state index < -0.39 is 6.04 Å². The summed E-state index contributed by atoms with van der Waals surface area (Å²) in [5, 5.41) is 2.35. The minimum atomic E-state index is -0.610. The average Bonchev–Trinajstić information content (AvgIpc) is 2.36. The highest BCUT2D eigenvalue weighted by molar-refractivity contribution is 5.97. The summed E-state index contributed by atoms with van der Waals surface area (Å²) in [6.45, 7) is 3.98. The highest BCUT2D eigenvalue weighted by Gasteiger charge is 2.17. The van der Waals surface area contributed by atoms with Crippen molar-refractivity contribution in [3.63, 3.8) is 0 Å². The summed E-state index contributed by atoms with van der Waals surface area (Å²) in [4.78, 5) is 23.3. The summed E-state index contributed by atoms with van der Waals surface area (Å²) in [7, 11) is 0. The lowest BCUT2D eigenvalue weighted by atomic mass is 10.0. The van der Waals surface area contributed by atoms with Crippen LogP contribution in [0.25, 0.3) is 0 Å². The highest BCUT2D eigenvalue weighted by Crippen LogP contribution is 2.04. The van der Waals surface area contributed by atoms with Crippen LogP contribution in [-0.2, 0) is 16.0 Å². The van der Waals surface area contributed by atoms with Gasteiger partial charge in [-0.15, -0.1) is 0 Å². The number of hydrogen-bond acceptors (Lipinski definition) is 3. The Morgan fingerprint density at radius 2 is 1.84 bits per heavy atom. The van der Waals surface area contributed by atoms with E-state index >= 15 is 0 Å². The fourth-order valence-electron chi connectivity index (χ4n) is 1.81. The lowest BCUT2D eigenvalue weighted by Gasteiger charge is -2.13. The van der Waals surface area contributed by atoms with Crippen molar-refractivity contribution < 1.29 is 9.59 Å². The van der Waals surface area contributed by atoms with Crippen LogP contribution in [0.3, 0.4) is 0 Å². The number of rotatable bonds is 6. The Labute approximate surface area is 114 Å². The summed E-state index contributed by atoms with van der Waals surface area (Å²) in [6, 6.07) is 9.09. The molecule has 19 heavy (non-hydrogen) atoms. The third-order valence-corrected chi connectivity index (χ3v) is 2.81. The molecule has 0 spiro atoms. The number of nitrogens with two attached hydrogens (primary N) is 1. The lowest BCUT2D eigenvalue weighted by molar-refractivity contribution is -0.131. The second kappa shape index (κ2) is 7.69. The van der Waals surface area contributed by atoms with Gasteiger partial charge in [-0.2, -0.15) is 0 Å². The standard InChI is InChI=1S/C15H22N2O2/c1-11(2)10-13(16)15(19)17-14(18)9-8-12-6-4-3-5-7-12/h3-7,11,13H,8-10,16H2,1-2H3,(H,17,18,19)/t13-/m0/s1. The summed E-state index contributed by atoms with van der Waals surface area (Å²) in [5.41, 5.74) is 6.79. The van der Waals surface area contributed by atoms with E-state index in [0.29, 0.717) is 25.2 Å². The van der Waals surface area contributed by atoms with Gasteiger partial charge >= 0.3 is 0 Å². The summed E-state index contributed by atoms with van der Waals surface area (Å²) >= 11 is 0. The number of amides is 2. The van der Waals surface area contributed by atoms with Crippen LogP contribution in [0, 0.1) is 5.92 Å². The van der Waals surface area contributed by atoms with Gasteiger partial charge in [0.15, 0.2) is 0 Å². The maximum absolute atomic E-state index is 11.6. The number of carbonyl (C=O) groups is 2. The van der Waals surface area contributed by atoms with E-state index in [1.54, 1.807) is 0 Å². The molecule has 1 aromatic rings. The molecule has 0 aromatic heterocycles. The van der Waals surface area contributed by atoms with Crippen LogP contribution in [-0.4, -0.2) is 17.9 Å². The molecule has 3 N–H and O–H groups in total. The Bertz CT molecular complexity index is 415. The molecule has 1 aromatic carbocycles. The van der Waals surface area contributed by atoms with E-state index in [9.17, 15) is 9.59 Å². The van der Waals surface area contributed by atoms with Crippen molar-refractivity contribution in [2.45, 2.75) is 39.2 Å². The zero-order chi connectivity index (χ0) is 14.3. The Morgan fingerprint density at radius 1 is 1.21 bits per heavy atom. The van der Waals surface area contributed by atoms with Crippen LogP contribution >= 0.6 is 0 Å². The second-order valence-electron chi connectivity index (χ2n) is 5.13. The number of hydrogen-bond donors (Lipinski definition) is 2. The molecular formula is C15H22N2O2. The smallest absolute Gasteiger partial charge is 0.243 e. The molecule has 0 aliphatic heterocycles. The number of nitrogens with one attached hydrogen (secondary N) is 1. The van der Waals surface area contributed by atoms with Crippen LogP contribution in [0.2, 0.25) is 0 Å². The van der Waals surface area contributed by atoms with E-state index in [4.69, 9.17) is 5.73 Å². The molecule has 0 fully saturated rings. The monoisotopic (exact) mass is 262 g/mol. The molecule has 4 heteroatoms. The molecular weight excluding hydrogens is 240 g/mol. The minimum absolute atomic E-state index is 0.270. The first-order chi connectivity index (χ1) is 8.99. The van der Waals surface area contributed by atoms with Gasteiger partial charge in [-0.1, -0.05) is 44.2 Å². The lowest BCUT2D eigenvalue weighted by Crippen LogP contribution is -2.44. The fourth-order valence-corrected chi connectivity index (χ4v) is 1.81. The summed E-state index contributed by atoms with van der Waals surface area (Å²) in [5.74, 6) is -0.319. The Kier molecular flexibility index (Phi) is 6.22. The molecule has 0 saturated carbocycles. The van der Waals surface area contributed by atoms with Gasteiger partial charge in [-0.05, 0) is 24.3 Å². The molecule has 0 saturated heterocycles. The molecule has 0 aliphatic rings. The van der Waals surface area contributed by atoms with Crippen molar-refractivity contribution in [2.75, 3.05) is 0 Å². The van der Waals surface area contributed by atoms with Crippen LogP contribution in [0.5, 0.6) is 0 Å². The van der Waals surface area contributed by atoms with Gasteiger partial charge in [0.2, 0.25) is 11.8 Å². The highest BCUT2D eigenvalue weighted by atomic mass is 16.2. The van der Waals surface area contributed by atoms with E-state index in [-0.39, 0.29) is 11.8 Å². The number of carbonyl (C=O) groups excluding carboxylic acids is 2. The Morgan fingerprint density at radius 3 is 2.42 bits per heavy atom. The number of imide groups is 1. The quantitative estimate of drug-likeness (QED) is 0.818. The minimum Gasteiger partial charge on any atom is -0.320 e. The second-order valence-corrected chi connectivity index (χ2v) is 5.13. The first-order valence-corrected chi connectivity index (χ1v) is 6.62. The van der Waals surface area contributed by atoms with Crippen molar-refractivity contribution >= 4 is 11.8 Å². The SMILES string of the molecule is CC(C)C[C@H](N)C(=O)NC(=O)CCc1ccccc1. The normalized spacial score (nSPS) is 12.2. The van der Waals surface area contributed by atoms with Crippen molar-refractivity contribution in [3.05, 3.63) is 35.9 Å².